The Morgan fingerprint density at radius 1 is 1.26 bits per heavy atom. The second kappa shape index (κ2) is 8.52. The van der Waals surface area contributed by atoms with Gasteiger partial charge in [-0.05, 0) is 77.9 Å². The van der Waals surface area contributed by atoms with Crippen LogP contribution in [0.1, 0.15) is 19.4 Å². The molecule has 6 heteroatoms. The zero-order valence-electron chi connectivity index (χ0n) is 12.9. The van der Waals surface area contributed by atoms with Gasteiger partial charge in [0.25, 0.3) is 0 Å². The van der Waals surface area contributed by atoms with Gasteiger partial charge < -0.3 is 15.4 Å². The Balaban J connectivity index is 1.90. The highest BCUT2D eigenvalue weighted by molar-refractivity contribution is 9.10. The monoisotopic (exact) mass is 412 g/mol. The van der Waals surface area contributed by atoms with Crippen LogP contribution in [0, 0.1) is 0 Å². The Morgan fingerprint density at radius 3 is 2.74 bits per heavy atom. The molecule has 0 radical (unpaired) electrons. The average molecular weight is 414 g/mol. The molecule has 0 fully saturated rings. The van der Waals surface area contributed by atoms with E-state index in [1.165, 1.54) is 0 Å². The number of ether oxygens (including phenoxy) is 1. The topological polar surface area (TPSA) is 33.3 Å². The van der Waals surface area contributed by atoms with Gasteiger partial charge >= 0.3 is 0 Å². The number of halogens is 2. The Hall–Kier alpha value is -1.30. The molecule has 3 nitrogen and oxygen atoms in total. The second-order valence-corrected chi connectivity index (χ2v) is 6.92. The third-order valence-corrected chi connectivity index (χ3v) is 4.38. The fraction of sp³-hybridized carbons (Fsp3) is 0.235. The molecule has 0 heterocycles. The van der Waals surface area contributed by atoms with E-state index in [-0.39, 0.29) is 6.10 Å². The third kappa shape index (κ3) is 6.01. The summed E-state index contributed by atoms with van der Waals surface area (Å²) < 4.78 is 6.54. The maximum atomic E-state index is 6.06. The van der Waals surface area contributed by atoms with Crippen molar-refractivity contribution in [2.75, 3.05) is 5.32 Å². The van der Waals surface area contributed by atoms with Crippen LogP contribution in [0.25, 0.3) is 0 Å². The second-order valence-electron chi connectivity index (χ2n) is 5.25. The molecule has 2 rings (SSSR count). The van der Waals surface area contributed by atoms with Crippen molar-refractivity contribution in [3.05, 3.63) is 57.5 Å². The van der Waals surface area contributed by atoms with E-state index in [0.717, 1.165) is 21.5 Å². The number of hydrogen-bond donors (Lipinski definition) is 2. The van der Waals surface area contributed by atoms with Crippen LogP contribution in [0.4, 0.5) is 5.69 Å². The van der Waals surface area contributed by atoms with Crippen molar-refractivity contribution in [3.8, 4) is 5.75 Å². The number of benzene rings is 2. The van der Waals surface area contributed by atoms with Gasteiger partial charge in [0.1, 0.15) is 5.75 Å². The Kier molecular flexibility index (Phi) is 6.69. The standard InChI is InChI=1S/C17H18BrClN2OS/c1-11(2)22-14-5-3-4-12(8-14)10-20-17(23)21-13-6-7-15(18)16(19)9-13/h3-9,11H,10H2,1-2H3,(H2,20,21,23). The maximum absolute atomic E-state index is 6.06. The lowest BCUT2D eigenvalue weighted by molar-refractivity contribution is 0.242. The molecule has 23 heavy (non-hydrogen) atoms. The van der Waals surface area contributed by atoms with Gasteiger partial charge in [-0.1, -0.05) is 23.7 Å². The Labute approximate surface area is 155 Å². The fourth-order valence-corrected chi connectivity index (χ4v) is 2.55. The summed E-state index contributed by atoms with van der Waals surface area (Å²) in [5.74, 6) is 0.859. The quantitative estimate of drug-likeness (QED) is 0.645. The van der Waals surface area contributed by atoms with Gasteiger partial charge in [0.15, 0.2) is 5.11 Å². The highest BCUT2D eigenvalue weighted by Gasteiger charge is 2.03. The van der Waals surface area contributed by atoms with E-state index in [0.29, 0.717) is 16.7 Å². The van der Waals surface area contributed by atoms with Gasteiger partial charge in [-0.25, -0.2) is 0 Å². The summed E-state index contributed by atoms with van der Waals surface area (Å²) >= 11 is 14.7. The largest absolute Gasteiger partial charge is 0.491 e. The summed E-state index contributed by atoms with van der Waals surface area (Å²) in [5.41, 5.74) is 1.94. The van der Waals surface area contributed by atoms with Crippen LogP contribution >= 0.6 is 39.7 Å². The molecule has 0 amide bonds. The van der Waals surface area contributed by atoms with Crippen LogP contribution < -0.4 is 15.4 Å². The molecule has 2 N–H and O–H groups in total. The minimum Gasteiger partial charge on any atom is -0.491 e. The molecule has 0 aliphatic rings. The first-order valence-corrected chi connectivity index (χ1v) is 8.77. The molecular formula is C17H18BrClN2OS. The SMILES string of the molecule is CC(C)Oc1cccc(CNC(=S)Nc2ccc(Br)c(Cl)c2)c1. The van der Waals surface area contributed by atoms with Gasteiger partial charge in [0, 0.05) is 16.7 Å². The number of rotatable bonds is 5. The zero-order valence-corrected chi connectivity index (χ0v) is 16.1. The number of nitrogens with one attached hydrogen (secondary N) is 2. The lowest BCUT2D eigenvalue weighted by Crippen LogP contribution is -2.27. The molecule has 0 aliphatic heterocycles. The summed E-state index contributed by atoms with van der Waals surface area (Å²) in [6.45, 7) is 4.63. The van der Waals surface area contributed by atoms with E-state index in [1.54, 1.807) is 0 Å². The molecule has 0 spiro atoms. The molecule has 0 unspecified atom stereocenters. The first kappa shape index (κ1) is 18.0. The van der Waals surface area contributed by atoms with Crippen LogP contribution in [-0.2, 0) is 6.54 Å². The van der Waals surface area contributed by atoms with E-state index in [9.17, 15) is 0 Å². The van der Waals surface area contributed by atoms with Crippen molar-refractivity contribution in [2.24, 2.45) is 0 Å². The minimum atomic E-state index is 0.156. The van der Waals surface area contributed by atoms with Crippen molar-refractivity contribution < 1.29 is 4.74 Å². The zero-order chi connectivity index (χ0) is 16.8. The summed E-state index contributed by atoms with van der Waals surface area (Å²) in [5, 5.41) is 7.46. The van der Waals surface area contributed by atoms with Crippen LogP contribution in [0.3, 0.4) is 0 Å². The van der Waals surface area contributed by atoms with Crippen molar-refractivity contribution >= 4 is 50.5 Å². The molecular weight excluding hydrogens is 396 g/mol. The molecule has 2 aromatic carbocycles. The minimum absolute atomic E-state index is 0.156. The average Bonchev–Trinajstić information content (AvgIpc) is 2.49. The molecule has 122 valence electrons. The van der Waals surface area contributed by atoms with Gasteiger partial charge in [-0.2, -0.15) is 0 Å². The normalized spacial score (nSPS) is 10.5. The molecule has 2 aromatic rings. The van der Waals surface area contributed by atoms with E-state index in [2.05, 4.69) is 26.6 Å². The van der Waals surface area contributed by atoms with Crippen molar-refractivity contribution in [3.63, 3.8) is 0 Å². The van der Waals surface area contributed by atoms with Crippen molar-refractivity contribution in [1.82, 2.24) is 5.32 Å². The predicted octanol–water partition coefficient (Wildman–Crippen LogP) is 5.38. The summed E-state index contributed by atoms with van der Waals surface area (Å²) in [6.07, 6.45) is 0.156. The van der Waals surface area contributed by atoms with Gasteiger partial charge in [0.2, 0.25) is 0 Å². The lowest BCUT2D eigenvalue weighted by Gasteiger charge is -2.13. The van der Waals surface area contributed by atoms with Crippen molar-refractivity contribution in [1.29, 1.82) is 0 Å². The number of anilines is 1. The summed E-state index contributed by atoms with van der Waals surface area (Å²) in [6, 6.07) is 13.5. The van der Waals surface area contributed by atoms with Crippen LogP contribution in [0.15, 0.2) is 46.9 Å². The van der Waals surface area contributed by atoms with E-state index in [4.69, 9.17) is 28.6 Å². The molecule has 0 saturated carbocycles. The van der Waals surface area contributed by atoms with Gasteiger partial charge in [-0.3, -0.25) is 0 Å². The highest BCUT2D eigenvalue weighted by atomic mass is 79.9. The van der Waals surface area contributed by atoms with Gasteiger partial charge in [0.05, 0.1) is 11.1 Å². The molecule has 0 saturated heterocycles. The maximum Gasteiger partial charge on any atom is 0.171 e. The van der Waals surface area contributed by atoms with Crippen molar-refractivity contribution in [2.45, 2.75) is 26.5 Å². The molecule has 0 bridgehead atoms. The summed E-state index contributed by atoms with van der Waals surface area (Å²) in [7, 11) is 0. The van der Waals surface area contributed by atoms with E-state index >= 15 is 0 Å². The van der Waals surface area contributed by atoms with E-state index < -0.39 is 0 Å². The Morgan fingerprint density at radius 2 is 2.04 bits per heavy atom. The first-order valence-electron chi connectivity index (χ1n) is 7.19. The number of hydrogen-bond acceptors (Lipinski definition) is 2. The van der Waals surface area contributed by atoms with E-state index in [1.807, 2.05) is 56.3 Å². The van der Waals surface area contributed by atoms with Gasteiger partial charge in [-0.15, -0.1) is 0 Å². The van der Waals surface area contributed by atoms with Crippen LogP contribution in [0.2, 0.25) is 5.02 Å². The fourth-order valence-electron chi connectivity index (χ4n) is 1.93. The molecule has 0 aliphatic carbocycles. The summed E-state index contributed by atoms with van der Waals surface area (Å²) in [4.78, 5) is 0. The van der Waals surface area contributed by atoms with Crippen LogP contribution in [-0.4, -0.2) is 11.2 Å². The third-order valence-electron chi connectivity index (χ3n) is 2.90. The highest BCUT2D eigenvalue weighted by Crippen LogP contribution is 2.25. The lowest BCUT2D eigenvalue weighted by atomic mass is 10.2. The Bertz CT molecular complexity index is 694. The first-order chi connectivity index (χ1) is 10.9. The van der Waals surface area contributed by atoms with Crippen LogP contribution in [0.5, 0.6) is 5.75 Å². The predicted molar refractivity (Wildman–Crippen MR) is 104 cm³/mol. The molecule has 0 aromatic heterocycles. The number of thiocarbonyl (C=S) groups is 1. The smallest absolute Gasteiger partial charge is 0.171 e. The molecule has 0 atom stereocenters.